The van der Waals surface area contributed by atoms with E-state index in [9.17, 15) is 14.7 Å². The number of para-hydroxylation sites is 1. The van der Waals surface area contributed by atoms with Crippen molar-refractivity contribution in [2.24, 2.45) is 0 Å². The molecule has 1 unspecified atom stereocenters. The smallest absolute Gasteiger partial charge is 0.329 e. The third-order valence-electron chi connectivity index (χ3n) is 3.24. The Labute approximate surface area is 124 Å². The highest BCUT2D eigenvalue weighted by molar-refractivity contribution is 5.85. The highest BCUT2D eigenvalue weighted by atomic mass is 16.5. The number of carbonyl (C=O) groups is 2. The number of methoxy groups -OCH3 is 1. The molecule has 0 heterocycles. The zero-order valence-electron chi connectivity index (χ0n) is 12.6. The van der Waals surface area contributed by atoms with Gasteiger partial charge >= 0.3 is 12.0 Å². The number of hydrogen-bond acceptors (Lipinski definition) is 3. The number of ether oxygens (including phenoxy) is 1. The Kier molecular flexibility index (Phi) is 6.02. The van der Waals surface area contributed by atoms with Gasteiger partial charge in [-0.25, -0.2) is 9.59 Å². The van der Waals surface area contributed by atoms with E-state index in [0.717, 1.165) is 5.56 Å². The standard InChI is InChI=1S/C15H22N2O4/c1-4-9-15(2,13(18)19)17-14(20)16-10-11-7-5-6-8-12(11)21-3/h5-8H,4,9-10H2,1-3H3,(H,18,19)(H2,16,17,20). The van der Waals surface area contributed by atoms with Gasteiger partial charge in [-0.3, -0.25) is 0 Å². The fraction of sp³-hybridized carbons (Fsp3) is 0.467. The van der Waals surface area contributed by atoms with Gasteiger partial charge in [0.15, 0.2) is 0 Å². The molecule has 3 N–H and O–H groups in total. The summed E-state index contributed by atoms with van der Waals surface area (Å²) in [6.45, 7) is 3.63. The van der Waals surface area contributed by atoms with Crippen LogP contribution in [0.4, 0.5) is 4.79 Å². The van der Waals surface area contributed by atoms with E-state index >= 15 is 0 Å². The van der Waals surface area contributed by atoms with Gasteiger partial charge < -0.3 is 20.5 Å². The summed E-state index contributed by atoms with van der Waals surface area (Å²) in [5.41, 5.74) is -0.442. The van der Waals surface area contributed by atoms with Crippen molar-refractivity contribution in [3.63, 3.8) is 0 Å². The third kappa shape index (κ3) is 4.66. The number of carboxylic acid groups (broad SMARTS) is 1. The molecule has 0 aliphatic heterocycles. The molecule has 6 nitrogen and oxygen atoms in total. The normalized spacial score (nSPS) is 13.1. The maximum Gasteiger partial charge on any atom is 0.329 e. The first-order chi connectivity index (χ1) is 9.92. The summed E-state index contributed by atoms with van der Waals surface area (Å²) in [6, 6.07) is 6.80. The first kappa shape index (κ1) is 16.8. The van der Waals surface area contributed by atoms with Crippen LogP contribution in [0.3, 0.4) is 0 Å². The minimum absolute atomic E-state index is 0.262. The quantitative estimate of drug-likeness (QED) is 0.719. The molecule has 1 aromatic carbocycles. The van der Waals surface area contributed by atoms with Crippen molar-refractivity contribution in [2.45, 2.75) is 38.8 Å². The lowest BCUT2D eigenvalue weighted by Gasteiger charge is -2.25. The second kappa shape index (κ2) is 7.52. The molecule has 0 saturated carbocycles. The van der Waals surface area contributed by atoms with E-state index in [1.165, 1.54) is 6.92 Å². The molecule has 0 aromatic heterocycles. The molecule has 0 aliphatic carbocycles. The molecule has 0 fully saturated rings. The lowest BCUT2D eigenvalue weighted by atomic mass is 9.97. The molecule has 2 amide bonds. The maximum absolute atomic E-state index is 11.9. The summed E-state index contributed by atoms with van der Waals surface area (Å²) in [5.74, 6) is -0.371. The summed E-state index contributed by atoms with van der Waals surface area (Å²) in [7, 11) is 1.56. The van der Waals surface area contributed by atoms with Crippen molar-refractivity contribution in [1.29, 1.82) is 0 Å². The van der Waals surface area contributed by atoms with Crippen molar-refractivity contribution in [3.8, 4) is 5.75 Å². The van der Waals surface area contributed by atoms with E-state index in [2.05, 4.69) is 10.6 Å². The fourth-order valence-corrected chi connectivity index (χ4v) is 2.04. The molecule has 0 radical (unpaired) electrons. The highest BCUT2D eigenvalue weighted by Crippen LogP contribution is 2.17. The van der Waals surface area contributed by atoms with Gasteiger partial charge in [0.1, 0.15) is 11.3 Å². The number of nitrogens with one attached hydrogen (secondary N) is 2. The second-order valence-electron chi connectivity index (χ2n) is 5.01. The molecule has 116 valence electrons. The Balaban J connectivity index is 2.63. The van der Waals surface area contributed by atoms with Crippen molar-refractivity contribution in [3.05, 3.63) is 29.8 Å². The summed E-state index contributed by atoms with van der Waals surface area (Å²) in [5, 5.41) is 14.4. The van der Waals surface area contributed by atoms with Crippen molar-refractivity contribution in [2.75, 3.05) is 7.11 Å². The van der Waals surface area contributed by atoms with Crippen molar-refractivity contribution < 1.29 is 19.4 Å². The van der Waals surface area contributed by atoms with E-state index in [0.29, 0.717) is 18.6 Å². The van der Waals surface area contributed by atoms with Gasteiger partial charge in [-0.1, -0.05) is 31.5 Å². The van der Waals surface area contributed by atoms with Crippen LogP contribution in [-0.4, -0.2) is 29.8 Å². The van der Waals surface area contributed by atoms with E-state index in [1.54, 1.807) is 13.2 Å². The van der Waals surface area contributed by atoms with Crippen LogP contribution in [0.15, 0.2) is 24.3 Å². The molecule has 6 heteroatoms. The number of carbonyl (C=O) groups excluding carboxylic acids is 1. The van der Waals surface area contributed by atoms with Crippen LogP contribution in [0.1, 0.15) is 32.3 Å². The monoisotopic (exact) mass is 294 g/mol. The van der Waals surface area contributed by atoms with E-state index in [-0.39, 0.29) is 6.54 Å². The Morgan fingerprint density at radius 2 is 2.00 bits per heavy atom. The SMILES string of the molecule is CCCC(C)(NC(=O)NCc1ccccc1OC)C(=O)O. The van der Waals surface area contributed by atoms with E-state index < -0.39 is 17.5 Å². The van der Waals surface area contributed by atoms with Gasteiger partial charge in [-0.15, -0.1) is 0 Å². The largest absolute Gasteiger partial charge is 0.496 e. The van der Waals surface area contributed by atoms with Crippen LogP contribution < -0.4 is 15.4 Å². The Hall–Kier alpha value is -2.24. The van der Waals surface area contributed by atoms with Gasteiger partial charge in [-0.05, 0) is 19.4 Å². The number of benzene rings is 1. The first-order valence-electron chi connectivity index (χ1n) is 6.84. The molecule has 1 aromatic rings. The third-order valence-corrected chi connectivity index (χ3v) is 3.24. The van der Waals surface area contributed by atoms with Crippen molar-refractivity contribution in [1.82, 2.24) is 10.6 Å². The van der Waals surface area contributed by atoms with Crippen LogP contribution >= 0.6 is 0 Å². The van der Waals surface area contributed by atoms with Crippen LogP contribution in [0, 0.1) is 0 Å². The first-order valence-corrected chi connectivity index (χ1v) is 6.84. The maximum atomic E-state index is 11.9. The van der Waals surface area contributed by atoms with Crippen molar-refractivity contribution >= 4 is 12.0 Å². The topological polar surface area (TPSA) is 87.7 Å². The Morgan fingerprint density at radius 3 is 2.57 bits per heavy atom. The number of amides is 2. The van der Waals surface area contributed by atoms with Gasteiger partial charge in [0.25, 0.3) is 0 Å². The van der Waals surface area contributed by atoms with Gasteiger partial charge in [-0.2, -0.15) is 0 Å². The van der Waals surface area contributed by atoms with Gasteiger partial charge in [0.05, 0.1) is 7.11 Å². The van der Waals surface area contributed by atoms with Crippen LogP contribution in [0.5, 0.6) is 5.75 Å². The molecular formula is C15H22N2O4. The molecule has 0 spiro atoms. The minimum atomic E-state index is -1.26. The zero-order valence-corrected chi connectivity index (χ0v) is 12.6. The average Bonchev–Trinajstić information content (AvgIpc) is 2.45. The lowest BCUT2D eigenvalue weighted by molar-refractivity contribution is -0.144. The van der Waals surface area contributed by atoms with E-state index in [4.69, 9.17) is 4.74 Å². The lowest BCUT2D eigenvalue weighted by Crippen LogP contribution is -2.55. The predicted molar refractivity (Wildman–Crippen MR) is 79.3 cm³/mol. The minimum Gasteiger partial charge on any atom is -0.496 e. The summed E-state index contributed by atoms with van der Waals surface area (Å²) >= 11 is 0. The van der Waals surface area contributed by atoms with Gasteiger partial charge in [0, 0.05) is 12.1 Å². The number of hydrogen-bond donors (Lipinski definition) is 3. The zero-order chi connectivity index (χ0) is 15.9. The second-order valence-corrected chi connectivity index (χ2v) is 5.01. The Morgan fingerprint density at radius 1 is 1.33 bits per heavy atom. The molecule has 0 saturated heterocycles. The highest BCUT2D eigenvalue weighted by Gasteiger charge is 2.33. The number of rotatable bonds is 7. The summed E-state index contributed by atoms with van der Waals surface area (Å²) in [6.07, 6.45) is 1.03. The molecular weight excluding hydrogens is 272 g/mol. The Bertz CT molecular complexity index is 504. The summed E-state index contributed by atoms with van der Waals surface area (Å²) in [4.78, 5) is 23.1. The van der Waals surface area contributed by atoms with Crippen LogP contribution in [0.25, 0.3) is 0 Å². The molecule has 1 rings (SSSR count). The summed E-state index contributed by atoms with van der Waals surface area (Å²) < 4.78 is 5.19. The van der Waals surface area contributed by atoms with Gasteiger partial charge in [0.2, 0.25) is 0 Å². The number of urea groups is 1. The molecule has 0 aliphatic rings. The molecule has 0 bridgehead atoms. The fourth-order valence-electron chi connectivity index (χ4n) is 2.04. The van der Waals surface area contributed by atoms with Crippen LogP contribution in [-0.2, 0) is 11.3 Å². The number of carboxylic acids is 1. The van der Waals surface area contributed by atoms with E-state index in [1.807, 2.05) is 25.1 Å². The van der Waals surface area contributed by atoms with Crippen LogP contribution in [0.2, 0.25) is 0 Å². The number of aliphatic carboxylic acids is 1. The predicted octanol–water partition coefficient (Wildman–Crippen LogP) is 2.14. The molecule has 1 atom stereocenters. The molecule has 21 heavy (non-hydrogen) atoms. The average molecular weight is 294 g/mol.